The number of rotatable bonds is 12. The minimum Gasteiger partial charge on any atom is -0.494 e. The number of amides is 2. The first-order chi connectivity index (χ1) is 14.9. The number of hydrogen-bond donors (Lipinski definition) is 1. The maximum atomic E-state index is 13.0. The van der Waals surface area contributed by atoms with Gasteiger partial charge in [-0.3, -0.25) is 9.59 Å². The van der Waals surface area contributed by atoms with E-state index in [2.05, 4.69) is 12.2 Å². The van der Waals surface area contributed by atoms with Crippen LogP contribution in [0.5, 0.6) is 5.75 Å². The molecule has 168 valence electrons. The largest absolute Gasteiger partial charge is 0.494 e. The van der Waals surface area contributed by atoms with Crippen LogP contribution in [0.4, 0.5) is 0 Å². The van der Waals surface area contributed by atoms with E-state index in [4.69, 9.17) is 16.3 Å². The van der Waals surface area contributed by atoms with E-state index < -0.39 is 6.04 Å². The number of aryl methyl sites for hydroxylation is 1. The minimum atomic E-state index is -0.585. The molecule has 2 rings (SSSR count). The minimum absolute atomic E-state index is 0.0921. The van der Waals surface area contributed by atoms with Gasteiger partial charge in [-0.2, -0.15) is 0 Å². The van der Waals surface area contributed by atoms with E-state index in [-0.39, 0.29) is 11.8 Å². The number of carbonyl (C=O) groups excluding carboxylic acids is 2. The van der Waals surface area contributed by atoms with Crippen LogP contribution in [0.25, 0.3) is 0 Å². The fourth-order valence-electron chi connectivity index (χ4n) is 3.12. The SMILES string of the molecule is CCCCNC(=O)[C@H](C)N(Cc1ccccc1Cl)C(=O)CCCOc1ccc(C)cc1. The number of nitrogens with one attached hydrogen (secondary N) is 1. The van der Waals surface area contributed by atoms with E-state index in [0.717, 1.165) is 24.2 Å². The molecule has 0 aliphatic rings. The molecule has 0 aliphatic carbocycles. The predicted octanol–water partition coefficient (Wildman–Crippen LogP) is 5.14. The lowest BCUT2D eigenvalue weighted by atomic mass is 10.1. The highest BCUT2D eigenvalue weighted by atomic mass is 35.5. The summed E-state index contributed by atoms with van der Waals surface area (Å²) in [5.74, 6) is 0.546. The van der Waals surface area contributed by atoms with Gasteiger partial charge in [0.1, 0.15) is 11.8 Å². The molecule has 2 aromatic carbocycles. The van der Waals surface area contributed by atoms with Gasteiger partial charge < -0.3 is 15.0 Å². The molecular formula is C25H33ClN2O3. The molecule has 0 heterocycles. The van der Waals surface area contributed by atoms with E-state index in [1.54, 1.807) is 17.9 Å². The Kier molecular flexibility index (Phi) is 10.4. The van der Waals surface area contributed by atoms with Crippen molar-refractivity contribution in [2.24, 2.45) is 0 Å². The average molecular weight is 445 g/mol. The number of ether oxygens (including phenoxy) is 1. The van der Waals surface area contributed by atoms with Crippen LogP contribution in [0.2, 0.25) is 5.02 Å². The monoisotopic (exact) mass is 444 g/mol. The van der Waals surface area contributed by atoms with Crippen molar-refractivity contribution in [2.75, 3.05) is 13.2 Å². The molecule has 0 radical (unpaired) electrons. The van der Waals surface area contributed by atoms with Gasteiger partial charge in [-0.15, -0.1) is 0 Å². The molecule has 0 fully saturated rings. The number of carbonyl (C=O) groups is 2. The van der Waals surface area contributed by atoms with Crippen molar-refractivity contribution in [3.8, 4) is 5.75 Å². The van der Waals surface area contributed by atoms with Gasteiger partial charge in [-0.25, -0.2) is 0 Å². The van der Waals surface area contributed by atoms with Crippen LogP contribution in [0.1, 0.15) is 50.7 Å². The Balaban J connectivity index is 1.98. The lowest BCUT2D eigenvalue weighted by Crippen LogP contribution is -2.47. The van der Waals surface area contributed by atoms with E-state index >= 15 is 0 Å². The molecule has 5 nitrogen and oxygen atoms in total. The third kappa shape index (κ3) is 8.25. The summed E-state index contributed by atoms with van der Waals surface area (Å²) in [5.41, 5.74) is 1.99. The summed E-state index contributed by atoms with van der Waals surface area (Å²) in [4.78, 5) is 27.3. The highest BCUT2D eigenvalue weighted by molar-refractivity contribution is 6.31. The van der Waals surface area contributed by atoms with Crippen LogP contribution in [-0.2, 0) is 16.1 Å². The van der Waals surface area contributed by atoms with Crippen LogP contribution in [0.3, 0.4) is 0 Å². The Morgan fingerprint density at radius 2 is 1.81 bits per heavy atom. The molecule has 0 unspecified atom stereocenters. The third-order valence-corrected chi connectivity index (χ3v) is 5.49. The van der Waals surface area contributed by atoms with Crippen molar-refractivity contribution in [1.29, 1.82) is 0 Å². The number of benzene rings is 2. The molecule has 1 N–H and O–H groups in total. The van der Waals surface area contributed by atoms with Crippen LogP contribution >= 0.6 is 11.6 Å². The quantitative estimate of drug-likeness (QED) is 0.461. The fraction of sp³-hybridized carbons (Fsp3) is 0.440. The molecule has 0 spiro atoms. The molecular weight excluding hydrogens is 412 g/mol. The normalized spacial score (nSPS) is 11.6. The van der Waals surface area contributed by atoms with Crippen LogP contribution in [0.15, 0.2) is 48.5 Å². The fourth-order valence-corrected chi connectivity index (χ4v) is 3.32. The third-order valence-electron chi connectivity index (χ3n) is 5.12. The smallest absolute Gasteiger partial charge is 0.242 e. The molecule has 0 aromatic heterocycles. The molecule has 0 saturated heterocycles. The second-order valence-corrected chi connectivity index (χ2v) is 8.11. The Labute approximate surface area is 190 Å². The number of hydrogen-bond acceptors (Lipinski definition) is 3. The van der Waals surface area contributed by atoms with Gasteiger partial charge in [0.25, 0.3) is 0 Å². The first-order valence-corrected chi connectivity index (χ1v) is 11.3. The Hall–Kier alpha value is -2.53. The summed E-state index contributed by atoms with van der Waals surface area (Å²) in [6.07, 6.45) is 2.77. The summed E-state index contributed by atoms with van der Waals surface area (Å²) in [6.45, 7) is 7.19. The van der Waals surface area contributed by atoms with Crippen molar-refractivity contribution in [3.63, 3.8) is 0 Å². The van der Waals surface area contributed by atoms with Crippen molar-refractivity contribution in [1.82, 2.24) is 10.2 Å². The van der Waals surface area contributed by atoms with Crippen molar-refractivity contribution >= 4 is 23.4 Å². The molecule has 31 heavy (non-hydrogen) atoms. The van der Waals surface area contributed by atoms with Gasteiger partial charge in [0.2, 0.25) is 11.8 Å². The molecule has 2 amide bonds. The van der Waals surface area contributed by atoms with E-state index in [9.17, 15) is 9.59 Å². The summed E-state index contributed by atoms with van der Waals surface area (Å²) in [6, 6.07) is 14.6. The molecule has 0 saturated carbocycles. The molecule has 0 aliphatic heterocycles. The second-order valence-electron chi connectivity index (χ2n) is 7.70. The Morgan fingerprint density at radius 1 is 1.10 bits per heavy atom. The first-order valence-electron chi connectivity index (χ1n) is 10.9. The molecule has 6 heteroatoms. The van der Waals surface area contributed by atoms with Gasteiger partial charge >= 0.3 is 0 Å². The van der Waals surface area contributed by atoms with Crippen LogP contribution in [0, 0.1) is 6.92 Å². The second kappa shape index (κ2) is 13.0. The van der Waals surface area contributed by atoms with Crippen molar-refractivity contribution < 1.29 is 14.3 Å². The maximum Gasteiger partial charge on any atom is 0.242 e. The number of nitrogens with zero attached hydrogens (tertiary/aromatic N) is 1. The highest BCUT2D eigenvalue weighted by Gasteiger charge is 2.26. The number of halogens is 1. The standard InChI is InChI=1S/C25H33ClN2O3/c1-4-5-16-27-25(30)20(3)28(18-21-9-6-7-10-23(21)26)24(29)11-8-17-31-22-14-12-19(2)13-15-22/h6-7,9-10,12-15,20H,4-5,8,11,16-18H2,1-3H3,(H,27,30)/t20-/m0/s1. The van der Waals surface area contributed by atoms with Gasteiger partial charge in [0.05, 0.1) is 6.61 Å². The molecule has 0 bridgehead atoms. The number of unbranched alkanes of at least 4 members (excludes halogenated alkanes) is 1. The maximum absolute atomic E-state index is 13.0. The van der Waals surface area contributed by atoms with E-state index in [0.29, 0.717) is 37.6 Å². The summed E-state index contributed by atoms with van der Waals surface area (Å²) in [7, 11) is 0. The molecule has 2 aromatic rings. The Morgan fingerprint density at radius 3 is 2.48 bits per heavy atom. The lowest BCUT2D eigenvalue weighted by Gasteiger charge is -2.29. The zero-order valence-corrected chi connectivity index (χ0v) is 19.5. The first kappa shape index (κ1) is 24.7. The predicted molar refractivity (Wildman–Crippen MR) is 125 cm³/mol. The van der Waals surface area contributed by atoms with Gasteiger partial charge in [0, 0.05) is 24.5 Å². The van der Waals surface area contributed by atoms with Crippen molar-refractivity contribution in [3.05, 3.63) is 64.7 Å². The lowest BCUT2D eigenvalue weighted by molar-refractivity contribution is -0.140. The zero-order valence-electron chi connectivity index (χ0n) is 18.7. The summed E-state index contributed by atoms with van der Waals surface area (Å²) < 4.78 is 5.73. The van der Waals surface area contributed by atoms with E-state index in [1.807, 2.05) is 49.4 Å². The Bertz CT molecular complexity index is 839. The topological polar surface area (TPSA) is 58.6 Å². The average Bonchev–Trinajstić information content (AvgIpc) is 2.77. The summed E-state index contributed by atoms with van der Waals surface area (Å²) in [5, 5.41) is 3.51. The van der Waals surface area contributed by atoms with E-state index in [1.165, 1.54) is 5.56 Å². The highest BCUT2D eigenvalue weighted by Crippen LogP contribution is 2.20. The van der Waals surface area contributed by atoms with Crippen molar-refractivity contribution in [2.45, 2.75) is 59.0 Å². The van der Waals surface area contributed by atoms with Crippen LogP contribution < -0.4 is 10.1 Å². The van der Waals surface area contributed by atoms with Crippen LogP contribution in [-0.4, -0.2) is 35.9 Å². The zero-order chi connectivity index (χ0) is 22.6. The molecule has 1 atom stereocenters. The van der Waals surface area contributed by atoms with Gasteiger partial charge in [-0.1, -0.05) is 60.8 Å². The summed E-state index contributed by atoms with van der Waals surface area (Å²) >= 11 is 6.31. The van der Waals surface area contributed by atoms with Gasteiger partial charge in [-0.05, 0) is 50.5 Å². The van der Waals surface area contributed by atoms with Gasteiger partial charge in [0.15, 0.2) is 0 Å².